The highest BCUT2D eigenvalue weighted by molar-refractivity contribution is 6.30. The fourth-order valence-electron chi connectivity index (χ4n) is 1.62. The second-order valence-corrected chi connectivity index (χ2v) is 4.39. The lowest BCUT2D eigenvalue weighted by Gasteiger charge is -2.08. The molecule has 0 bridgehead atoms. The number of nitro benzene ring substituents is 1. The van der Waals surface area contributed by atoms with Gasteiger partial charge in [-0.25, -0.2) is 4.98 Å². The highest BCUT2D eigenvalue weighted by atomic mass is 35.5. The third kappa shape index (κ3) is 3.36. The van der Waals surface area contributed by atoms with E-state index in [0.717, 1.165) is 5.56 Å². The number of nitrogens with zero attached hydrogens (tertiary/aromatic N) is 2. The molecule has 0 radical (unpaired) electrons. The van der Waals surface area contributed by atoms with Crippen LogP contribution in [0.15, 0.2) is 36.5 Å². The molecule has 1 heterocycles. The van der Waals surface area contributed by atoms with Gasteiger partial charge in [-0.2, -0.15) is 0 Å². The van der Waals surface area contributed by atoms with Gasteiger partial charge in [0.15, 0.2) is 5.75 Å². The number of anilines is 1. The molecule has 0 fully saturated rings. The topological polar surface area (TPSA) is 77.3 Å². The van der Waals surface area contributed by atoms with Gasteiger partial charge in [0.25, 0.3) is 0 Å². The molecule has 0 aliphatic rings. The van der Waals surface area contributed by atoms with Crippen LogP contribution in [0, 0.1) is 10.1 Å². The number of pyridine rings is 1. The smallest absolute Gasteiger partial charge is 0.311 e. The lowest BCUT2D eigenvalue weighted by molar-refractivity contribution is -0.385. The maximum absolute atomic E-state index is 10.9. The molecule has 0 aliphatic carbocycles. The maximum atomic E-state index is 10.9. The minimum Gasteiger partial charge on any atom is -0.482 e. The molecule has 7 heteroatoms. The number of halogens is 1. The first-order chi connectivity index (χ1) is 9.60. The maximum Gasteiger partial charge on any atom is 0.311 e. The number of nitro groups is 1. The van der Waals surface area contributed by atoms with Crippen LogP contribution in [0.2, 0.25) is 5.02 Å². The van der Waals surface area contributed by atoms with Crippen molar-refractivity contribution < 1.29 is 9.66 Å². The van der Waals surface area contributed by atoms with Crippen molar-refractivity contribution in [2.24, 2.45) is 0 Å². The van der Waals surface area contributed by atoms with Gasteiger partial charge in [0, 0.05) is 30.4 Å². The summed E-state index contributed by atoms with van der Waals surface area (Å²) in [5.41, 5.74) is 0.732. The Hall–Kier alpha value is -2.34. The first-order valence-corrected chi connectivity index (χ1v) is 6.17. The Morgan fingerprint density at radius 2 is 2.20 bits per heavy atom. The molecule has 1 N–H and O–H groups in total. The van der Waals surface area contributed by atoms with Crippen LogP contribution in [0.4, 0.5) is 11.5 Å². The molecule has 2 rings (SSSR count). The zero-order chi connectivity index (χ0) is 14.5. The predicted molar refractivity (Wildman–Crippen MR) is 76.2 cm³/mol. The van der Waals surface area contributed by atoms with Crippen molar-refractivity contribution in [2.45, 2.75) is 6.61 Å². The van der Waals surface area contributed by atoms with Gasteiger partial charge < -0.3 is 10.1 Å². The normalized spacial score (nSPS) is 10.1. The van der Waals surface area contributed by atoms with E-state index >= 15 is 0 Å². The summed E-state index contributed by atoms with van der Waals surface area (Å²) in [6, 6.07) is 7.79. The predicted octanol–water partition coefficient (Wildman–Crippen LogP) is 3.26. The van der Waals surface area contributed by atoms with Crippen LogP contribution in [0.1, 0.15) is 5.56 Å². The minimum atomic E-state index is -0.503. The van der Waals surface area contributed by atoms with Crippen molar-refractivity contribution in [3.05, 3.63) is 57.2 Å². The van der Waals surface area contributed by atoms with E-state index in [-0.39, 0.29) is 18.0 Å². The molecule has 1 aromatic heterocycles. The number of rotatable bonds is 5. The molecule has 20 heavy (non-hydrogen) atoms. The highest BCUT2D eigenvalue weighted by Crippen LogP contribution is 2.30. The van der Waals surface area contributed by atoms with Crippen LogP contribution < -0.4 is 10.1 Å². The van der Waals surface area contributed by atoms with Gasteiger partial charge in [-0.15, -0.1) is 0 Å². The SMILES string of the molecule is CNc1cc(COc2cc(Cl)ccc2[N+](=O)[O-])ccn1. The molecule has 0 saturated heterocycles. The molecule has 0 spiro atoms. The monoisotopic (exact) mass is 293 g/mol. The third-order valence-electron chi connectivity index (χ3n) is 2.59. The fraction of sp³-hybridized carbons (Fsp3) is 0.154. The van der Waals surface area contributed by atoms with Crippen molar-refractivity contribution in [1.29, 1.82) is 0 Å². The van der Waals surface area contributed by atoms with Gasteiger partial charge in [0.05, 0.1) is 4.92 Å². The first kappa shape index (κ1) is 14.1. The fourth-order valence-corrected chi connectivity index (χ4v) is 1.78. The molecular weight excluding hydrogens is 282 g/mol. The van der Waals surface area contributed by atoms with Gasteiger partial charge in [0.1, 0.15) is 12.4 Å². The summed E-state index contributed by atoms with van der Waals surface area (Å²) in [6.07, 6.45) is 1.64. The molecule has 0 saturated carbocycles. The van der Waals surface area contributed by atoms with E-state index < -0.39 is 4.92 Å². The summed E-state index contributed by atoms with van der Waals surface area (Å²) < 4.78 is 5.48. The minimum absolute atomic E-state index is 0.114. The Morgan fingerprint density at radius 3 is 2.90 bits per heavy atom. The number of ether oxygens (including phenoxy) is 1. The summed E-state index contributed by atoms with van der Waals surface area (Å²) in [7, 11) is 1.76. The summed E-state index contributed by atoms with van der Waals surface area (Å²) >= 11 is 5.83. The van der Waals surface area contributed by atoms with E-state index in [2.05, 4.69) is 10.3 Å². The van der Waals surface area contributed by atoms with Crippen LogP contribution in [0.3, 0.4) is 0 Å². The Labute approximate surface area is 120 Å². The lowest BCUT2D eigenvalue weighted by Crippen LogP contribution is -2.00. The van der Waals surface area contributed by atoms with Crippen LogP contribution in [-0.4, -0.2) is 17.0 Å². The molecule has 104 valence electrons. The summed E-state index contributed by atoms with van der Waals surface area (Å²) in [4.78, 5) is 14.5. The quantitative estimate of drug-likeness (QED) is 0.676. The molecule has 6 nitrogen and oxygen atoms in total. The Kier molecular flexibility index (Phi) is 4.37. The molecule has 0 amide bonds. The molecule has 0 atom stereocenters. The van der Waals surface area contributed by atoms with Crippen LogP contribution >= 0.6 is 11.6 Å². The molecule has 0 unspecified atom stereocenters. The van der Waals surface area contributed by atoms with E-state index in [1.165, 1.54) is 18.2 Å². The Balaban J connectivity index is 2.17. The van der Waals surface area contributed by atoms with Gasteiger partial charge in [-0.05, 0) is 23.8 Å². The van der Waals surface area contributed by atoms with E-state index in [9.17, 15) is 10.1 Å². The average Bonchev–Trinajstić information content (AvgIpc) is 2.45. The molecule has 1 aromatic carbocycles. The van der Waals surface area contributed by atoms with Gasteiger partial charge in [0.2, 0.25) is 0 Å². The summed E-state index contributed by atoms with van der Waals surface area (Å²) in [5.74, 6) is 0.844. The Morgan fingerprint density at radius 1 is 1.40 bits per heavy atom. The second kappa shape index (κ2) is 6.21. The van der Waals surface area contributed by atoms with Crippen LogP contribution in [0.25, 0.3) is 0 Å². The number of hydrogen-bond donors (Lipinski definition) is 1. The molecule has 0 aliphatic heterocycles. The van der Waals surface area contributed by atoms with Gasteiger partial charge in [-0.3, -0.25) is 10.1 Å². The molecular formula is C13H12ClN3O3. The summed E-state index contributed by atoms with van der Waals surface area (Å²) in [6.45, 7) is 0.193. The number of nitrogens with one attached hydrogen (secondary N) is 1. The number of hydrogen-bond acceptors (Lipinski definition) is 5. The number of aromatic nitrogens is 1. The zero-order valence-corrected chi connectivity index (χ0v) is 11.4. The first-order valence-electron chi connectivity index (χ1n) is 5.79. The van der Waals surface area contributed by atoms with Crippen LogP contribution in [0.5, 0.6) is 5.75 Å². The van der Waals surface area contributed by atoms with Crippen molar-refractivity contribution in [3.8, 4) is 5.75 Å². The van der Waals surface area contributed by atoms with E-state index in [1.807, 2.05) is 0 Å². The van der Waals surface area contributed by atoms with E-state index in [1.54, 1.807) is 25.4 Å². The van der Waals surface area contributed by atoms with Crippen LogP contribution in [-0.2, 0) is 6.61 Å². The third-order valence-corrected chi connectivity index (χ3v) is 2.83. The largest absolute Gasteiger partial charge is 0.482 e. The zero-order valence-electron chi connectivity index (χ0n) is 10.7. The standard InChI is InChI=1S/C13H12ClN3O3/c1-15-13-6-9(4-5-16-13)8-20-12-7-10(14)2-3-11(12)17(18)19/h2-7H,8H2,1H3,(H,15,16). The van der Waals surface area contributed by atoms with E-state index in [0.29, 0.717) is 10.8 Å². The van der Waals surface area contributed by atoms with Gasteiger partial charge >= 0.3 is 5.69 Å². The number of benzene rings is 1. The van der Waals surface area contributed by atoms with Crippen molar-refractivity contribution in [2.75, 3.05) is 12.4 Å². The van der Waals surface area contributed by atoms with E-state index in [4.69, 9.17) is 16.3 Å². The summed E-state index contributed by atoms with van der Waals surface area (Å²) in [5, 5.41) is 14.2. The second-order valence-electron chi connectivity index (χ2n) is 3.96. The van der Waals surface area contributed by atoms with Crippen molar-refractivity contribution in [1.82, 2.24) is 4.98 Å². The lowest BCUT2D eigenvalue weighted by atomic mass is 10.2. The molecule has 2 aromatic rings. The Bertz CT molecular complexity index is 634. The average molecular weight is 294 g/mol. The van der Waals surface area contributed by atoms with Gasteiger partial charge in [-0.1, -0.05) is 11.6 Å². The van der Waals surface area contributed by atoms with Crippen molar-refractivity contribution >= 4 is 23.1 Å². The highest BCUT2D eigenvalue weighted by Gasteiger charge is 2.15. The van der Waals surface area contributed by atoms with Crippen molar-refractivity contribution in [3.63, 3.8) is 0 Å².